The molecule has 2 nitrogen and oxygen atoms in total. The monoisotopic (exact) mass is 248 g/mol. The van der Waals surface area contributed by atoms with Crippen LogP contribution in [0.5, 0.6) is 0 Å². The molecule has 1 N–H and O–H groups in total. The van der Waals surface area contributed by atoms with Gasteiger partial charge in [0.1, 0.15) is 11.6 Å². The Morgan fingerprint density at radius 2 is 1.83 bits per heavy atom. The first-order valence-electron chi connectivity index (χ1n) is 5.75. The molecule has 0 aliphatic heterocycles. The molecule has 2 aromatic rings. The van der Waals surface area contributed by atoms with Crippen molar-refractivity contribution in [2.24, 2.45) is 0 Å². The molecule has 0 amide bonds. The van der Waals surface area contributed by atoms with Crippen LogP contribution in [-0.2, 0) is 6.42 Å². The second-order valence-electron chi connectivity index (χ2n) is 4.11. The number of aromatic nitrogens is 1. The molecule has 1 aromatic heterocycles. The Labute approximate surface area is 105 Å². The van der Waals surface area contributed by atoms with E-state index in [0.717, 1.165) is 12.0 Å². The maximum absolute atomic E-state index is 13.5. The van der Waals surface area contributed by atoms with E-state index in [1.165, 1.54) is 12.1 Å². The van der Waals surface area contributed by atoms with E-state index in [-0.39, 0.29) is 5.69 Å². The minimum Gasteiger partial charge on any atom is -0.382 e. The van der Waals surface area contributed by atoms with Gasteiger partial charge in [0.05, 0.1) is 5.69 Å². The van der Waals surface area contributed by atoms with Gasteiger partial charge in [0.15, 0.2) is 0 Å². The highest BCUT2D eigenvalue weighted by Crippen LogP contribution is 2.18. The van der Waals surface area contributed by atoms with Gasteiger partial charge in [-0.15, -0.1) is 0 Å². The summed E-state index contributed by atoms with van der Waals surface area (Å²) >= 11 is 0. The first-order chi connectivity index (χ1) is 8.66. The van der Waals surface area contributed by atoms with Gasteiger partial charge in [-0.2, -0.15) is 0 Å². The summed E-state index contributed by atoms with van der Waals surface area (Å²) in [5.74, 6) is -0.827. The van der Waals surface area contributed by atoms with Crippen LogP contribution in [-0.4, -0.2) is 11.5 Å². The van der Waals surface area contributed by atoms with Crippen LogP contribution in [0.15, 0.2) is 36.7 Å². The van der Waals surface area contributed by atoms with Crippen molar-refractivity contribution in [2.75, 3.05) is 11.9 Å². The lowest BCUT2D eigenvalue weighted by atomic mass is 10.2. The second-order valence-corrected chi connectivity index (χ2v) is 4.11. The topological polar surface area (TPSA) is 24.9 Å². The largest absolute Gasteiger partial charge is 0.382 e. The first kappa shape index (κ1) is 12.5. The van der Waals surface area contributed by atoms with Crippen LogP contribution >= 0.6 is 0 Å². The zero-order chi connectivity index (χ0) is 13.0. The zero-order valence-corrected chi connectivity index (χ0v) is 10.1. The molecule has 0 fully saturated rings. The molecule has 0 bridgehead atoms. The molecule has 94 valence electrons. The Hall–Kier alpha value is -1.97. The standard InChI is InChI=1S/C14H14F2N2/c1-10-8-13(16)14(9-12(10)15)18-7-4-11-2-5-17-6-3-11/h2-3,5-6,8-9,18H,4,7H2,1H3. The van der Waals surface area contributed by atoms with E-state index in [0.29, 0.717) is 12.1 Å². The van der Waals surface area contributed by atoms with E-state index >= 15 is 0 Å². The highest BCUT2D eigenvalue weighted by molar-refractivity contribution is 5.46. The lowest BCUT2D eigenvalue weighted by molar-refractivity contribution is 0.594. The predicted octanol–water partition coefficient (Wildman–Crippen LogP) is 3.32. The van der Waals surface area contributed by atoms with Crippen LogP contribution < -0.4 is 5.32 Å². The number of nitrogens with one attached hydrogen (secondary N) is 1. The average Bonchev–Trinajstić information content (AvgIpc) is 2.37. The predicted molar refractivity (Wildman–Crippen MR) is 67.5 cm³/mol. The van der Waals surface area contributed by atoms with Crippen molar-refractivity contribution in [1.82, 2.24) is 4.98 Å². The number of pyridine rings is 1. The van der Waals surface area contributed by atoms with E-state index in [9.17, 15) is 8.78 Å². The normalized spacial score (nSPS) is 10.4. The Balaban J connectivity index is 1.97. The number of anilines is 1. The van der Waals surface area contributed by atoms with E-state index < -0.39 is 11.6 Å². The Morgan fingerprint density at radius 3 is 2.56 bits per heavy atom. The van der Waals surface area contributed by atoms with Crippen molar-refractivity contribution < 1.29 is 8.78 Å². The summed E-state index contributed by atoms with van der Waals surface area (Å²) in [6.45, 7) is 2.09. The maximum Gasteiger partial charge on any atom is 0.146 e. The third-order valence-electron chi connectivity index (χ3n) is 2.73. The molecule has 0 saturated heterocycles. The molecule has 0 aliphatic rings. The summed E-state index contributed by atoms with van der Waals surface area (Å²) < 4.78 is 26.8. The smallest absolute Gasteiger partial charge is 0.146 e. The molecule has 0 aliphatic carbocycles. The van der Waals surface area contributed by atoms with Gasteiger partial charge in [0, 0.05) is 25.0 Å². The number of halogens is 2. The van der Waals surface area contributed by atoms with Gasteiger partial charge in [0.25, 0.3) is 0 Å². The Morgan fingerprint density at radius 1 is 1.11 bits per heavy atom. The number of hydrogen-bond acceptors (Lipinski definition) is 2. The fourth-order valence-electron chi connectivity index (χ4n) is 1.67. The van der Waals surface area contributed by atoms with Crippen molar-refractivity contribution >= 4 is 5.69 Å². The molecule has 1 aromatic carbocycles. The lowest BCUT2D eigenvalue weighted by Gasteiger charge is -2.09. The van der Waals surface area contributed by atoms with Crippen molar-refractivity contribution in [2.45, 2.75) is 13.3 Å². The molecule has 2 rings (SSSR count). The number of rotatable bonds is 4. The Kier molecular flexibility index (Phi) is 3.87. The fourth-order valence-corrected chi connectivity index (χ4v) is 1.67. The van der Waals surface area contributed by atoms with Crippen LogP contribution in [0.3, 0.4) is 0 Å². The number of benzene rings is 1. The quantitative estimate of drug-likeness (QED) is 0.897. The van der Waals surface area contributed by atoms with E-state index in [4.69, 9.17) is 0 Å². The Bertz CT molecular complexity index is 527. The molecule has 18 heavy (non-hydrogen) atoms. The summed E-state index contributed by atoms with van der Waals surface area (Å²) in [5.41, 5.74) is 1.62. The lowest BCUT2D eigenvalue weighted by Crippen LogP contribution is -2.07. The third-order valence-corrected chi connectivity index (χ3v) is 2.73. The molecular formula is C14H14F2N2. The molecule has 4 heteroatoms. The highest BCUT2D eigenvalue weighted by Gasteiger charge is 2.06. The van der Waals surface area contributed by atoms with Gasteiger partial charge in [-0.05, 0) is 42.7 Å². The maximum atomic E-state index is 13.5. The molecule has 0 atom stereocenters. The molecule has 0 spiro atoms. The van der Waals surface area contributed by atoms with Gasteiger partial charge < -0.3 is 5.32 Å². The van der Waals surface area contributed by atoms with E-state index in [2.05, 4.69) is 10.3 Å². The molecular weight excluding hydrogens is 234 g/mol. The second kappa shape index (κ2) is 5.58. The van der Waals surface area contributed by atoms with Crippen molar-refractivity contribution in [3.8, 4) is 0 Å². The van der Waals surface area contributed by atoms with Gasteiger partial charge in [-0.25, -0.2) is 8.78 Å². The molecule has 0 radical (unpaired) electrons. The van der Waals surface area contributed by atoms with Gasteiger partial charge in [-0.3, -0.25) is 4.98 Å². The van der Waals surface area contributed by atoms with E-state index in [1.807, 2.05) is 12.1 Å². The summed E-state index contributed by atoms with van der Waals surface area (Å²) in [7, 11) is 0. The minimum absolute atomic E-state index is 0.201. The van der Waals surface area contributed by atoms with Crippen LogP contribution in [0.2, 0.25) is 0 Å². The number of aryl methyl sites for hydroxylation is 1. The highest BCUT2D eigenvalue weighted by atomic mass is 19.1. The minimum atomic E-state index is -0.427. The summed E-state index contributed by atoms with van der Waals surface area (Å²) in [6, 6.07) is 6.18. The third kappa shape index (κ3) is 3.03. The zero-order valence-electron chi connectivity index (χ0n) is 10.1. The van der Waals surface area contributed by atoms with Gasteiger partial charge >= 0.3 is 0 Å². The number of hydrogen-bond donors (Lipinski definition) is 1. The first-order valence-corrected chi connectivity index (χ1v) is 5.75. The van der Waals surface area contributed by atoms with Crippen LogP contribution in [0.4, 0.5) is 14.5 Å². The van der Waals surface area contributed by atoms with Crippen LogP contribution in [0.25, 0.3) is 0 Å². The number of nitrogens with zero attached hydrogens (tertiary/aromatic N) is 1. The van der Waals surface area contributed by atoms with Gasteiger partial charge in [0.2, 0.25) is 0 Å². The van der Waals surface area contributed by atoms with Crippen molar-refractivity contribution in [1.29, 1.82) is 0 Å². The van der Waals surface area contributed by atoms with Crippen LogP contribution in [0.1, 0.15) is 11.1 Å². The van der Waals surface area contributed by atoms with E-state index in [1.54, 1.807) is 19.3 Å². The van der Waals surface area contributed by atoms with Crippen molar-refractivity contribution in [3.63, 3.8) is 0 Å². The molecule has 0 unspecified atom stereocenters. The summed E-state index contributed by atoms with van der Waals surface area (Å²) in [4.78, 5) is 3.92. The SMILES string of the molecule is Cc1cc(F)c(NCCc2ccncc2)cc1F. The summed E-state index contributed by atoms with van der Waals surface area (Å²) in [6.07, 6.45) is 4.15. The molecule has 0 saturated carbocycles. The average molecular weight is 248 g/mol. The summed E-state index contributed by atoms with van der Waals surface area (Å²) in [5, 5.41) is 2.89. The molecule has 1 heterocycles. The fraction of sp³-hybridized carbons (Fsp3) is 0.214. The van der Waals surface area contributed by atoms with Gasteiger partial charge in [-0.1, -0.05) is 0 Å². The van der Waals surface area contributed by atoms with Crippen molar-refractivity contribution in [3.05, 3.63) is 59.4 Å². The van der Waals surface area contributed by atoms with Crippen LogP contribution in [0, 0.1) is 18.6 Å².